The fourth-order valence-electron chi connectivity index (χ4n) is 1.66. The van der Waals surface area contributed by atoms with Crippen LogP contribution in [0.15, 0.2) is 47.2 Å². The standard InChI is InChI=1S/C14H13BrN2O/c1-10-8-12(15)2-3-13(10)14(18)17-9-11-4-6-16-7-5-11/h2-8H,9H2,1H3,(H,17,18). The Labute approximate surface area is 114 Å². The Morgan fingerprint density at radius 3 is 2.67 bits per heavy atom. The van der Waals surface area contributed by atoms with Gasteiger partial charge in [-0.05, 0) is 48.4 Å². The molecule has 2 rings (SSSR count). The third kappa shape index (κ3) is 3.17. The highest BCUT2D eigenvalue weighted by Gasteiger charge is 2.08. The lowest BCUT2D eigenvalue weighted by Crippen LogP contribution is -2.23. The van der Waals surface area contributed by atoms with Crippen molar-refractivity contribution in [2.24, 2.45) is 0 Å². The topological polar surface area (TPSA) is 42.0 Å². The smallest absolute Gasteiger partial charge is 0.251 e. The molecule has 1 amide bonds. The lowest BCUT2D eigenvalue weighted by molar-refractivity contribution is 0.0950. The first-order valence-electron chi connectivity index (χ1n) is 5.60. The van der Waals surface area contributed by atoms with Gasteiger partial charge in [-0.2, -0.15) is 0 Å². The van der Waals surface area contributed by atoms with Gasteiger partial charge in [-0.3, -0.25) is 9.78 Å². The average Bonchev–Trinajstić information content (AvgIpc) is 2.37. The summed E-state index contributed by atoms with van der Waals surface area (Å²) in [6, 6.07) is 9.39. The van der Waals surface area contributed by atoms with Crippen LogP contribution in [0.2, 0.25) is 0 Å². The summed E-state index contributed by atoms with van der Waals surface area (Å²) in [6.45, 7) is 2.43. The molecule has 1 N–H and O–H groups in total. The number of pyridine rings is 1. The average molecular weight is 305 g/mol. The van der Waals surface area contributed by atoms with Gasteiger partial charge >= 0.3 is 0 Å². The molecule has 0 aliphatic heterocycles. The molecule has 4 heteroatoms. The predicted molar refractivity (Wildman–Crippen MR) is 74.3 cm³/mol. The van der Waals surface area contributed by atoms with Gasteiger partial charge in [-0.1, -0.05) is 15.9 Å². The summed E-state index contributed by atoms with van der Waals surface area (Å²) in [5.41, 5.74) is 2.69. The van der Waals surface area contributed by atoms with Crippen LogP contribution in [0.4, 0.5) is 0 Å². The molecular weight excluding hydrogens is 292 g/mol. The van der Waals surface area contributed by atoms with Crippen molar-refractivity contribution in [3.63, 3.8) is 0 Å². The Morgan fingerprint density at radius 1 is 1.28 bits per heavy atom. The minimum absolute atomic E-state index is 0.0585. The number of amides is 1. The number of halogens is 1. The number of aryl methyl sites for hydroxylation is 1. The molecule has 0 atom stereocenters. The normalized spacial score (nSPS) is 10.1. The van der Waals surface area contributed by atoms with Crippen molar-refractivity contribution < 1.29 is 4.79 Å². The molecule has 2 aromatic rings. The Kier molecular flexibility index (Phi) is 4.10. The van der Waals surface area contributed by atoms with Crippen LogP contribution in [-0.4, -0.2) is 10.9 Å². The molecule has 1 heterocycles. The minimum atomic E-state index is -0.0585. The number of nitrogens with one attached hydrogen (secondary N) is 1. The molecule has 18 heavy (non-hydrogen) atoms. The zero-order valence-corrected chi connectivity index (χ0v) is 11.6. The van der Waals surface area contributed by atoms with E-state index in [4.69, 9.17) is 0 Å². The Hall–Kier alpha value is -1.68. The van der Waals surface area contributed by atoms with Crippen LogP contribution in [-0.2, 0) is 6.54 Å². The van der Waals surface area contributed by atoms with Gasteiger partial charge in [0.15, 0.2) is 0 Å². The number of rotatable bonds is 3. The van der Waals surface area contributed by atoms with Gasteiger partial charge in [-0.25, -0.2) is 0 Å². The van der Waals surface area contributed by atoms with Crippen LogP contribution in [0, 0.1) is 6.92 Å². The maximum absolute atomic E-state index is 12.0. The van der Waals surface area contributed by atoms with Gasteiger partial charge in [0.25, 0.3) is 5.91 Å². The second-order valence-electron chi connectivity index (χ2n) is 4.00. The van der Waals surface area contributed by atoms with Crippen LogP contribution >= 0.6 is 15.9 Å². The zero-order valence-electron chi connectivity index (χ0n) is 9.98. The maximum Gasteiger partial charge on any atom is 0.251 e. The first-order chi connectivity index (χ1) is 8.66. The zero-order chi connectivity index (χ0) is 13.0. The van der Waals surface area contributed by atoms with Crippen molar-refractivity contribution in [3.05, 3.63) is 63.9 Å². The molecular formula is C14H13BrN2O. The quantitative estimate of drug-likeness (QED) is 0.947. The monoisotopic (exact) mass is 304 g/mol. The van der Waals surface area contributed by atoms with Gasteiger partial charge < -0.3 is 5.32 Å². The third-order valence-electron chi connectivity index (χ3n) is 2.64. The van der Waals surface area contributed by atoms with E-state index < -0.39 is 0 Å². The molecule has 3 nitrogen and oxygen atoms in total. The number of carbonyl (C=O) groups excluding carboxylic acids is 1. The van der Waals surface area contributed by atoms with Gasteiger partial charge in [-0.15, -0.1) is 0 Å². The Morgan fingerprint density at radius 2 is 2.00 bits per heavy atom. The van der Waals surface area contributed by atoms with E-state index in [1.54, 1.807) is 12.4 Å². The van der Waals surface area contributed by atoms with Crippen molar-refractivity contribution in [1.29, 1.82) is 0 Å². The molecule has 1 aromatic heterocycles. The van der Waals surface area contributed by atoms with Crippen LogP contribution in [0.5, 0.6) is 0 Å². The second-order valence-corrected chi connectivity index (χ2v) is 4.91. The molecule has 0 unspecified atom stereocenters. The first-order valence-corrected chi connectivity index (χ1v) is 6.39. The summed E-state index contributed by atoms with van der Waals surface area (Å²) < 4.78 is 0.977. The van der Waals surface area contributed by atoms with Crippen molar-refractivity contribution >= 4 is 21.8 Å². The van der Waals surface area contributed by atoms with E-state index in [1.807, 2.05) is 37.3 Å². The number of benzene rings is 1. The SMILES string of the molecule is Cc1cc(Br)ccc1C(=O)NCc1ccncc1. The fraction of sp³-hybridized carbons (Fsp3) is 0.143. The number of hydrogen-bond donors (Lipinski definition) is 1. The lowest BCUT2D eigenvalue weighted by atomic mass is 10.1. The van der Waals surface area contributed by atoms with Crippen LogP contribution < -0.4 is 5.32 Å². The summed E-state index contributed by atoms with van der Waals surface area (Å²) >= 11 is 3.38. The second kappa shape index (κ2) is 5.78. The summed E-state index contributed by atoms with van der Waals surface area (Å²) in [5, 5.41) is 2.89. The summed E-state index contributed by atoms with van der Waals surface area (Å²) in [6.07, 6.45) is 3.43. The highest BCUT2D eigenvalue weighted by atomic mass is 79.9. The van der Waals surface area contributed by atoms with E-state index in [-0.39, 0.29) is 5.91 Å². The van der Waals surface area contributed by atoms with Gasteiger partial charge in [0.05, 0.1) is 0 Å². The molecule has 0 aliphatic carbocycles. The third-order valence-corrected chi connectivity index (χ3v) is 3.13. The van der Waals surface area contributed by atoms with E-state index in [2.05, 4.69) is 26.2 Å². The number of carbonyl (C=O) groups is 1. The Bertz CT molecular complexity index is 555. The van der Waals surface area contributed by atoms with Crippen molar-refractivity contribution in [2.45, 2.75) is 13.5 Å². The molecule has 0 saturated heterocycles. The first kappa shape index (κ1) is 12.8. The van der Waals surface area contributed by atoms with Gasteiger partial charge in [0, 0.05) is 29.0 Å². The van der Waals surface area contributed by atoms with Crippen molar-refractivity contribution in [2.75, 3.05) is 0 Å². The maximum atomic E-state index is 12.0. The van der Waals surface area contributed by atoms with Crippen molar-refractivity contribution in [3.8, 4) is 0 Å². The number of hydrogen-bond acceptors (Lipinski definition) is 2. The van der Waals surface area contributed by atoms with E-state index in [1.165, 1.54) is 0 Å². The number of aromatic nitrogens is 1. The molecule has 0 spiro atoms. The molecule has 0 aliphatic rings. The summed E-state index contributed by atoms with van der Waals surface area (Å²) in [5.74, 6) is -0.0585. The van der Waals surface area contributed by atoms with Crippen molar-refractivity contribution in [1.82, 2.24) is 10.3 Å². The lowest BCUT2D eigenvalue weighted by Gasteiger charge is -2.08. The fourth-order valence-corrected chi connectivity index (χ4v) is 2.14. The van der Waals surface area contributed by atoms with Gasteiger partial charge in [0.2, 0.25) is 0 Å². The minimum Gasteiger partial charge on any atom is -0.348 e. The number of nitrogens with zero attached hydrogens (tertiary/aromatic N) is 1. The largest absolute Gasteiger partial charge is 0.348 e. The molecule has 1 aromatic carbocycles. The van der Waals surface area contributed by atoms with E-state index in [0.29, 0.717) is 12.1 Å². The highest BCUT2D eigenvalue weighted by Crippen LogP contribution is 2.15. The Balaban J connectivity index is 2.04. The van der Waals surface area contributed by atoms with E-state index >= 15 is 0 Å². The predicted octanol–water partition coefficient (Wildman–Crippen LogP) is 3.08. The molecule has 0 bridgehead atoms. The van der Waals surface area contributed by atoms with E-state index in [9.17, 15) is 4.79 Å². The molecule has 0 fully saturated rings. The molecule has 0 saturated carbocycles. The van der Waals surface area contributed by atoms with Crippen LogP contribution in [0.25, 0.3) is 0 Å². The molecule has 0 radical (unpaired) electrons. The molecule has 92 valence electrons. The summed E-state index contributed by atoms with van der Waals surface area (Å²) in [7, 11) is 0. The van der Waals surface area contributed by atoms with Gasteiger partial charge in [0.1, 0.15) is 0 Å². The van der Waals surface area contributed by atoms with Crippen LogP contribution in [0.3, 0.4) is 0 Å². The summed E-state index contributed by atoms with van der Waals surface area (Å²) in [4.78, 5) is 15.9. The highest BCUT2D eigenvalue weighted by molar-refractivity contribution is 9.10. The van der Waals surface area contributed by atoms with Crippen LogP contribution in [0.1, 0.15) is 21.5 Å². The van der Waals surface area contributed by atoms with E-state index in [0.717, 1.165) is 15.6 Å².